The Balaban J connectivity index is 0.000000197. The van der Waals surface area contributed by atoms with Gasteiger partial charge in [0.25, 0.3) is 0 Å². The van der Waals surface area contributed by atoms with Crippen molar-refractivity contribution in [1.82, 2.24) is 0 Å². The van der Waals surface area contributed by atoms with Crippen molar-refractivity contribution < 1.29 is 29.7 Å². The van der Waals surface area contributed by atoms with Crippen LogP contribution >= 0.6 is 36.2 Å². The van der Waals surface area contributed by atoms with Crippen LogP contribution in [0.15, 0.2) is 121 Å². The molecule has 2 aliphatic rings. The summed E-state index contributed by atoms with van der Waals surface area (Å²) >= 11 is 0.569. The summed E-state index contributed by atoms with van der Waals surface area (Å²) in [6.07, 6.45) is 10.8. The van der Waals surface area contributed by atoms with Gasteiger partial charge < -0.3 is 0 Å². The summed E-state index contributed by atoms with van der Waals surface area (Å²) in [5.41, 5.74) is 3.56. The molecule has 0 amide bonds. The monoisotopic (exact) mass is 690 g/mol. The van der Waals surface area contributed by atoms with Crippen LogP contribution in [0.2, 0.25) is 0 Å². The zero-order chi connectivity index (χ0) is 27.1. The molecule has 2 aliphatic carbocycles. The van der Waals surface area contributed by atoms with E-state index in [4.69, 9.17) is 20.4 Å². The molecule has 6 rings (SSSR count). The Morgan fingerprint density at radius 1 is 0.400 bits per heavy atom. The van der Waals surface area contributed by atoms with E-state index >= 15 is 0 Å². The largest absolute Gasteiger partial charge is 0.0622 e. The fraction of sp³-hybridized carbons (Fsp3) is 0.235. The van der Waals surface area contributed by atoms with Crippen molar-refractivity contribution in [3.63, 3.8) is 0 Å². The molecule has 40 heavy (non-hydrogen) atoms. The fourth-order valence-corrected chi connectivity index (χ4v) is 10.8. The van der Waals surface area contributed by atoms with Gasteiger partial charge >= 0.3 is 33.0 Å². The van der Waals surface area contributed by atoms with Gasteiger partial charge in [-0.1, -0.05) is 147 Å². The molecule has 214 valence electrons. The van der Waals surface area contributed by atoms with Crippen molar-refractivity contribution in [1.29, 1.82) is 0 Å². The van der Waals surface area contributed by atoms with Crippen molar-refractivity contribution in [3.05, 3.63) is 133 Å². The summed E-state index contributed by atoms with van der Waals surface area (Å²) in [6, 6.07) is 44.2. The SMILES string of the molecule is [Cl][Ni][Cl].[Fe].c1ccc(P([C]2CCCC2)c2ccccc2)cc1.c1ccc(P([C]2CCCC2)c2ccccc2)cc1. The average molecular weight is 692 g/mol. The van der Waals surface area contributed by atoms with Crippen molar-refractivity contribution in [2.45, 2.75) is 51.4 Å². The minimum absolute atomic E-state index is 0. The first kappa shape index (κ1) is 33.8. The first-order valence-electron chi connectivity index (χ1n) is 13.6. The predicted octanol–water partition coefficient (Wildman–Crippen LogP) is 9.82. The van der Waals surface area contributed by atoms with Crippen LogP contribution in [0.4, 0.5) is 0 Å². The normalized spacial score (nSPS) is 15.2. The number of hydrogen-bond acceptors (Lipinski definition) is 0. The molecule has 0 bridgehead atoms. The van der Waals surface area contributed by atoms with Gasteiger partial charge in [-0.2, -0.15) is 0 Å². The minimum Gasteiger partial charge on any atom is -0.0622 e. The Hall–Kier alpha value is -0.667. The first-order valence-corrected chi connectivity index (χ1v) is 19.0. The molecule has 0 saturated heterocycles. The molecule has 0 unspecified atom stereocenters. The molecule has 0 aromatic heterocycles. The van der Waals surface area contributed by atoms with E-state index in [9.17, 15) is 0 Å². The van der Waals surface area contributed by atoms with Crippen LogP contribution in [0.5, 0.6) is 0 Å². The molecule has 4 aromatic carbocycles. The van der Waals surface area contributed by atoms with Crippen LogP contribution in [0.3, 0.4) is 0 Å². The maximum atomic E-state index is 4.70. The van der Waals surface area contributed by atoms with Crippen LogP contribution < -0.4 is 21.2 Å². The van der Waals surface area contributed by atoms with Crippen LogP contribution in [-0.4, -0.2) is 0 Å². The fourth-order valence-electron chi connectivity index (χ4n) is 5.35. The maximum absolute atomic E-state index is 4.70. The van der Waals surface area contributed by atoms with Crippen molar-refractivity contribution in [2.24, 2.45) is 0 Å². The van der Waals surface area contributed by atoms with E-state index in [1.807, 2.05) is 0 Å². The molecule has 0 aliphatic heterocycles. The maximum Gasteiger partial charge on any atom is 0.00872 e. The molecule has 4 aromatic rings. The van der Waals surface area contributed by atoms with Gasteiger partial charge in [-0.05, 0) is 62.7 Å². The first-order chi connectivity index (χ1) is 19.3. The van der Waals surface area contributed by atoms with Gasteiger partial charge in [0.1, 0.15) is 0 Å². The summed E-state index contributed by atoms with van der Waals surface area (Å²) in [4.78, 5) is 0. The van der Waals surface area contributed by atoms with Crippen molar-refractivity contribution in [3.8, 4) is 0 Å². The van der Waals surface area contributed by atoms with Gasteiger partial charge in [0, 0.05) is 28.4 Å². The summed E-state index contributed by atoms with van der Waals surface area (Å²) in [5, 5.41) is 6.04. The van der Waals surface area contributed by atoms with Crippen LogP contribution in [0.25, 0.3) is 0 Å². The third kappa shape index (κ3) is 10.3. The molecule has 0 heterocycles. The standard InChI is InChI=1S/2C17H18P.2ClH.Fe.Ni/c2*1-3-9-15(10-4-1)18(17-13-7-8-14-17)16-11-5-2-6-12-16;;;;/h2*1-6,9-12H,7-8,13-14H2;2*1H;;/q;;;;;+2/p-2. The summed E-state index contributed by atoms with van der Waals surface area (Å²) in [7, 11) is 8.93. The average Bonchev–Trinajstić information content (AvgIpc) is 3.72. The van der Waals surface area contributed by atoms with E-state index < -0.39 is 0 Å². The van der Waals surface area contributed by atoms with Gasteiger partial charge in [-0.25, -0.2) is 0 Å². The number of hydrogen-bond donors (Lipinski definition) is 0. The molecule has 2 radical (unpaired) electrons. The van der Waals surface area contributed by atoms with Crippen molar-refractivity contribution in [2.75, 3.05) is 0 Å². The summed E-state index contributed by atoms with van der Waals surface area (Å²) < 4.78 is 0. The molecule has 0 nitrogen and oxygen atoms in total. The van der Waals surface area contributed by atoms with Crippen LogP contribution in [0.1, 0.15) is 51.4 Å². The zero-order valence-corrected chi connectivity index (χ0v) is 27.9. The van der Waals surface area contributed by atoms with Gasteiger partial charge in [-0.3, -0.25) is 0 Å². The molecular formula is C34H36Cl2FeNiP2. The molecule has 0 spiro atoms. The van der Waals surface area contributed by atoms with Gasteiger partial charge in [0.05, 0.1) is 0 Å². The second kappa shape index (κ2) is 19.5. The van der Waals surface area contributed by atoms with Crippen molar-refractivity contribution >= 4 is 57.4 Å². The smallest absolute Gasteiger partial charge is 0.00872 e. The number of halogens is 2. The number of benzene rings is 4. The molecule has 0 N–H and O–H groups in total. The van der Waals surface area contributed by atoms with Gasteiger partial charge in [0.2, 0.25) is 0 Å². The van der Waals surface area contributed by atoms with E-state index in [2.05, 4.69) is 121 Å². The van der Waals surface area contributed by atoms with Gasteiger partial charge in [-0.15, -0.1) is 0 Å². The van der Waals surface area contributed by atoms with E-state index in [1.54, 1.807) is 11.3 Å². The quantitative estimate of drug-likeness (QED) is 0.140. The summed E-state index contributed by atoms with van der Waals surface area (Å²) in [6.45, 7) is 0. The Bertz CT molecular complexity index is 1000. The van der Waals surface area contributed by atoms with Crippen LogP contribution in [-0.2, 0) is 29.7 Å². The summed E-state index contributed by atoms with van der Waals surface area (Å²) in [5.74, 6) is 0. The molecule has 6 heteroatoms. The second-order valence-corrected chi connectivity index (χ2v) is 15.9. The number of rotatable bonds is 6. The second-order valence-electron chi connectivity index (χ2n) is 9.60. The van der Waals surface area contributed by atoms with Crippen LogP contribution in [0, 0.1) is 11.3 Å². The zero-order valence-electron chi connectivity index (χ0n) is 22.5. The third-order valence-electron chi connectivity index (χ3n) is 7.05. The molecule has 0 atom stereocenters. The van der Waals surface area contributed by atoms with E-state index in [-0.39, 0.29) is 32.9 Å². The van der Waals surface area contributed by atoms with E-state index in [1.165, 1.54) is 72.6 Å². The topological polar surface area (TPSA) is 0 Å². The molecule has 2 saturated carbocycles. The third-order valence-corrected chi connectivity index (χ3v) is 12.5. The van der Waals surface area contributed by atoms with Gasteiger partial charge in [0.15, 0.2) is 0 Å². The minimum atomic E-state index is -0.235. The molecular weight excluding hydrogens is 656 g/mol. The Kier molecular flexibility index (Phi) is 16.5. The molecule has 2 fully saturated rings. The van der Waals surface area contributed by atoms with E-state index in [0.717, 1.165) is 0 Å². The Morgan fingerprint density at radius 3 is 0.800 bits per heavy atom. The predicted molar refractivity (Wildman–Crippen MR) is 173 cm³/mol. The Morgan fingerprint density at radius 2 is 0.600 bits per heavy atom. The van der Waals surface area contributed by atoms with E-state index in [0.29, 0.717) is 12.7 Å². The Labute approximate surface area is 269 Å².